The first-order chi connectivity index (χ1) is 11.8. The van der Waals surface area contributed by atoms with E-state index in [0.717, 1.165) is 42.0 Å². The fraction of sp³-hybridized carbons (Fsp3) is 0.150. The highest BCUT2D eigenvalue weighted by molar-refractivity contribution is 5.90. The minimum atomic E-state index is -0.231. The van der Waals surface area contributed by atoms with Gasteiger partial charge in [0.2, 0.25) is 0 Å². The Morgan fingerprint density at radius 1 is 1.04 bits per heavy atom. The molecule has 0 saturated carbocycles. The lowest BCUT2D eigenvalue weighted by Crippen LogP contribution is -2.20. The van der Waals surface area contributed by atoms with Gasteiger partial charge in [-0.25, -0.2) is 4.39 Å². The van der Waals surface area contributed by atoms with E-state index in [1.807, 2.05) is 24.4 Å². The highest BCUT2D eigenvalue weighted by Gasteiger charge is 2.19. The molecule has 0 amide bonds. The first-order valence-corrected chi connectivity index (χ1v) is 8.12. The van der Waals surface area contributed by atoms with Crippen LogP contribution < -0.4 is 5.32 Å². The molecular weight excluding hydrogens is 301 g/mol. The summed E-state index contributed by atoms with van der Waals surface area (Å²) in [6.07, 6.45) is 7.06. The van der Waals surface area contributed by atoms with E-state index in [2.05, 4.69) is 21.4 Å². The number of nitrogens with zero attached hydrogens (tertiary/aromatic N) is 1. The van der Waals surface area contributed by atoms with Crippen molar-refractivity contribution in [1.82, 2.24) is 15.3 Å². The molecular formula is C20H18FN3. The summed E-state index contributed by atoms with van der Waals surface area (Å²) in [6, 6.07) is 12.5. The third-order valence-corrected chi connectivity index (χ3v) is 4.34. The second-order valence-electron chi connectivity index (χ2n) is 5.86. The molecule has 1 aliphatic heterocycles. The predicted molar refractivity (Wildman–Crippen MR) is 94.9 cm³/mol. The Balaban J connectivity index is 1.90. The molecule has 3 heterocycles. The van der Waals surface area contributed by atoms with Crippen molar-refractivity contribution in [2.75, 3.05) is 13.1 Å². The maximum absolute atomic E-state index is 13.3. The number of hydrogen-bond donors (Lipinski definition) is 2. The van der Waals surface area contributed by atoms with Crippen LogP contribution in [0.2, 0.25) is 0 Å². The lowest BCUT2D eigenvalue weighted by molar-refractivity contribution is 0.628. The average molecular weight is 319 g/mol. The lowest BCUT2D eigenvalue weighted by atomic mass is 9.94. The van der Waals surface area contributed by atoms with Gasteiger partial charge >= 0.3 is 0 Å². The molecule has 4 rings (SSSR count). The van der Waals surface area contributed by atoms with Crippen LogP contribution in [0.5, 0.6) is 0 Å². The maximum Gasteiger partial charge on any atom is 0.123 e. The Hall–Kier alpha value is -2.72. The van der Waals surface area contributed by atoms with Gasteiger partial charge < -0.3 is 10.3 Å². The monoisotopic (exact) mass is 319 g/mol. The number of H-pyrrole nitrogens is 1. The fourth-order valence-electron chi connectivity index (χ4n) is 3.16. The highest BCUT2D eigenvalue weighted by Crippen LogP contribution is 2.38. The van der Waals surface area contributed by atoms with E-state index >= 15 is 0 Å². The van der Waals surface area contributed by atoms with Gasteiger partial charge in [0, 0.05) is 30.1 Å². The van der Waals surface area contributed by atoms with Crippen LogP contribution in [0.3, 0.4) is 0 Å². The second-order valence-corrected chi connectivity index (χ2v) is 5.86. The smallest absolute Gasteiger partial charge is 0.123 e. The number of pyridine rings is 1. The van der Waals surface area contributed by atoms with Crippen molar-refractivity contribution >= 4 is 5.57 Å². The van der Waals surface area contributed by atoms with Crippen molar-refractivity contribution in [3.63, 3.8) is 0 Å². The van der Waals surface area contributed by atoms with Crippen LogP contribution in [0.1, 0.15) is 12.0 Å². The molecule has 3 nitrogen and oxygen atoms in total. The standard InChI is InChI=1S/C20H18FN3/c21-16-6-4-15(5-7-16)20-19(18-3-1-2-10-23-18)17(13-24-20)14-8-11-22-12-9-14/h1-8,10,13,22,24H,9,11-12H2. The Bertz CT molecular complexity index is 864. The molecule has 24 heavy (non-hydrogen) atoms. The number of nitrogens with one attached hydrogen (secondary N) is 2. The molecule has 0 atom stereocenters. The Morgan fingerprint density at radius 2 is 1.92 bits per heavy atom. The SMILES string of the molecule is Fc1ccc(-c2[nH]cc(C3=CCNCC3)c2-c2ccccn2)cc1. The minimum Gasteiger partial charge on any atom is -0.360 e. The van der Waals surface area contributed by atoms with Gasteiger partial charge in [-0.3, -0.25) is 4.98 Å². The fourth-order valence-corrected chi connectivity index (χ4v) is 3.16. The van der Waals surface area contributed by atoms with Crippen molar-refractivity contribution in [1.29, 1.82) is 0 Å². The number of benzene rings is 1. The molecule has 0 aliphatic carbocycles. The van der Waals surface area contributed by atoms with Gasteiger partial charge in [0.25, 0.3) is 0 Å². The summed E-state index contributed by atoms with van der Waals surface area (Å²) >= 11 is 0. The van der Waals surface area contributed by atoms with Gasteiger partial charge in [0.1, 0.15) is 5.82 Å². The topological polar surface area (TPSA) is 40.7 Å². The van der Waals surface area contributed by atoms with Gasteiger partial charge in [0.15, 0.2) is 0 Å². The molecule has 2 N–H and O–H groups in total. The van der Waals surface area contributed by atoms with E-state index in [4.69, 9.17) is 0 Å². The summed E-state index contributed by atoms with van der Waals surface area (Å²) in [5.74, 6) is -0.231. The van der Waals surface area contributed by atoms with Crippen LogP contribution in [0.4, 0.5) is 4.39 Å². The van der Waals surface area contributed by atoms with Crippen LogP contribution in [-0.2, 0) is 0 Å². The summed E-state index contributed by atoms with van der Waals surface area (Å²) in [5.41, 5.74) is 6.43. The van der Waals surface area contributed by atoms with Gasteiger partial charge in [0.05, 0.1) is 11.4 Å². The molecule has 1 aromatic carbocycles. The Labute approximate surface area is 140 Å². The van der Waals surface area contributed by atoms with Crippen LogP contribution in [0, 0.1) is 5.82 Å². The van der Waals surface area contributed by atoms with Gasteiger partial charge in [-0.05, 0) is 60.5 Å². The summed E-state index contributed by atoms with van der Waals surface area (Å²) in [7, 11) is 0. The molecule has 0 fully saturated rings. The lowest BCUT2D eigenvalue weighted by Gasteiger charge is -2.15. The number of halogens is 1. The number of aromatic nitrogens is 2. The summed E-state index contributed by atoms with van der Waals surface area (Å²) in [5, 5.41) is 3.34. The Kier molecular flexibility index (Phi) is 3.97. The van der Waals surface area contributed by atoms with Crippen LogP contribution in [-0.4, -0.2) is 23.1 Å². The molecule has 4 heteroatoms. The largest absolute Gasteiger partial charge is 0.360 e. The molecule has 120 valence electrons. The van der Waals surface area contributed by atoms with Crippen molar-refractivity contribution in [2.45, 2.75) is 6.42 Å². The summed E-state index contributed by atoms with van der Waals surface area (Å²) in [4.78, 5) is 7.93. The highest BCUT2D eigenvalue weighted by atomic mass is 19.1. The van der Waals surface area contributed by atoms with Gasteiger partial charge in [-0.2, -0.15) is 0 Å². The van der Waals surface area contributed by atoms with E-state index in [-0.39, 0.29) is 5.82 Å². The molecule has 0 radical (unpaired) electrons. The number of rotatable bonds is 3. The first-order valence-electron chi connectivity index (χ1n) is 8.12. The predicted octanol–water partition coefficient (Wildman–Crippen LogP) is 4.26. The molecule has 0 bridgehead atoms. The molecule has 3 aromatic rings. The van der Waals surface area contributed by atoms with E-state index in [0.29, 0.717) is 0 Å². The third kappa shape index (κ3) is 2.76. The van der Waals surface area contributed by atoms with E-state index < -0.39 is 0 Å². The molecule has 0 unspecified atom stereocenters. The summed E-state index contributed by atoms with van der Waals surface area (Å²) in [6.45, 7) is 1.86. The van der Waals surface area contributed by atoms with Crippen LogP contribution in [0.25, 0.3) is 28.1 Å². The van der Waals surface area contributed by atoms with E-state index in [1.165, 1.54) is 23.3 Å². The van der Waals surface area contributed by atoms with Crippen LogP contribution >= 0.6 is 0 Å². The molecule has 2 aromatic heterocycles. The number of aromatic amines is 1. The first kappa shape index (κ1) is 14.8. The zero-order valence-corrected chi connectivity index (χ0v) is 13.2. The van der Waals surface area contributed by atoms with Crippen LogP contribution in [0.15, 0.2) is 60.9 Å². The minimum absolute atomic E-state index is 0.231. The normalized spacial score (nSPS) is 14.5. The zero-order valence-electron chi connectivity index (χ0n) is 13.2. The maximum atomic E-state index is 13.3. The molecule has 0 saturated heterocycles. The Morgan fingerprint density at radius 3 is 2.62 bits per heavy atom. The van der Waals surface area contributed by atoms with Crippen molar-refractivity contribution < 1.29 is 4.39 Å². The molecule has 0 spiro atoms. The zero-order chi connectivity index (χ0) is 16.4. The third-order valence-electron chi connectivity index (χ3n) is 4.34. The second kappa shape index (κ2) is 6.42. The molecule has 1 aliphatic rings. The van der Waals surface area contributed by atoms with E-state index in [1.54, 1.807) is 18.3 Å². The van der Waals surface area contributed by atoms with Crippen molar-refractivity contribution in [3.05, 3.63) is 72.3 Å². The van der Waals surface area contributed by atoms with Gasteiger partial charge in [-0.1, -0.05) is 12.1 Å². The quantitative estimate of drug-likeness (QED) is 0.757. The summed E-state index contributed by atoms with van der Waals surface area (Å²) < 4.78 is 13.3. The number of hydrogen-bond acceptors (Lipinski definition) is 2. The van der Waals surface area contributed by atoms with Crippen molar-refractivity contribution in [3.8, 4) is 22.5 Å². The average Bonchev–Trinajstić information content (AvgIpc) is 3.09. The van der Waals surface area contributed by atoms with Gasteiger partial charge in [-0.15, -0.1) is 0 Å². The van der Waals surface area contributed by atoms with Crippen molar-refractivity contribution in [2.24, 2.45) is 0 Å². The van der Waals surface area contributed by atoms with E-state index in [9.17, 15) is 4.39 Å².